The van der Waals surface area contributed by atoms with Gasteiger partial charge in [0, 0.05) is 11.6 Å². The van der Waals surface area contributed by atoms with Crippen LogP contribution in [-0.4, -0.2) is 38.7 Å². The summed E-state index contributed by atoms with van der Waals surface area (Å²) in [7, 11) is 5.51. The van der Waals surface area contributed by atoms with Crippen LogP contribution in [0.25, 0.3) is 22.3 Å². The minimum Gasteiger partial charge on any atom is -0.504 e. The molecule has 0 unspecified atom stereocenters. The van der Waals surface area contributed by atoms with Crippen molar-refractivity contribution in [3.05, 3.63) is 34.5 Å². The fourth-order valence-corrected chi connectivity index (χ4v) is 2.85. The molecule has 0 radical (unpaired) electrons. The lowest BCUT2D eigenvalue weighted by Crippen LogP contribution is -2.05. The number of aromatic hydroxyl groups is 2. The highest BCUT2D eigenvalue weighted by molar-refractivity contribution is 5.95. The third-order valence-corrected chi connectivity index (χ3v) is 4.09. The van der Waals surface area contributed by atoms with Crippen molar-refractivity contribution < 1.29 is 33.6 Å². The lowest BCUT2D eigenvalue weighted by Gasteiger charge is -2.16. The molecule has 0 aliphatic heterocycles. The fraction of sp³-hybridized carbons (Fsp3) is 0.211. The summed E-state index contributed by atoms with van der Waals surface area (Å²) >= 11 is 0. The highest BCUT2D eigenvalue weighted by Gasteiger charge is 2.26. The molecule has 0 atom stereocenters. The first kappa shape index (κ1) is 18.2. The molecular weight excluding hydrogens is 356 g/mol. The number of hydrogen-bond donors (Lipinski definition) is 2. The molecule has 2 aromatic carbocycles. The SMILES string of the molecule is COc1ccc(-c2cc(=O)c3c(O)c(OC)c(OC)c(OC)c3o2)cc1O. The van der Waals surface area contributed by atoms with Crippen LogP contribution in [0.3, 0.4) is 0 Å². The zero-order valence-corrected chi connectivity index (χ0v) is 15.2. The van der Waals surface area contributed by atoms with Crippen molar-refractivity contribution in [3.8, 4) is 45.8 Å². The van der Waals surface area contributed by atoms with E-state index < -0.39 is 11.2 Å². The van der Waals surface area contributed by atoms with Gasteiger partial charge in [-0.15, -0.1) is 0 Å². The summed E-state index contributed by atoms with van der Waals surface area (Å²) in [5, 5.41) is 20.3. The van der Waals surface area contributed by atoms with E-state index in [2.05, 4.69) is 0 Å². The molecule has 142 valence electrons. The van der Waals surface area contributed by atoms with Crippen molar-refractivity contribution in [2.24, 2.45) is 0 Å². The Morgan fingerprint density at radius 1 is 0.852 bits per heavy atom. The fourth-order valence-electron chi connectivity index (χ4n) is 2.85. The van der Waals surface area contributed by atoms with Crippen molar-refractivity contribution in [2.75, 3.05) is 28.4 Å². The second-order valence-electron chi connectivity index (χ2n) is 5.51. The van der Waals surface area contributed by atoms with E-state index in [9.17, 15) is 15.0 Å². The van der Waals surface area contributed by atoms with Crippen molar-refractivity contribution >= 4 is 11.0 Å². The molecule has 2 N–H and O–H groups in total. The van der Waals surface area contributed by atoms with Gasteiger partial charge in [-0.25, -0.2) is 0 Å². The van der Waals surface area contributed by atoms with Gasteiger partial charge in [0.15, 0.2) is 28.3 Å². The molecule has 0 saturated carbocycles. The zero-order valence-electron chi connectivity index (χ0n) is 15.2. The molecule has 0 aliphatic rings. The summed E-state index contributed by atoms with van der Waals surface area (Å²) in [6.45, 7) is 0. The molecule has 0 aliphatic carbocycles. The average molecular weight is 374 g/mol. The maximum absolute atomic E-state index is 12.7. The van der Waals surface area contributed by atoms with Crippen LogP contribution < -0.4 is 24.4 Å². The van der Waals surface area contributed by atoms with Gasteiger partial charge in [-0.2, -0.15) is 0 Å². The number of rotatable bonds is 5. The first-order chi connectivity index (χ1) is 13.0. The van der Waals surface area contributed by atoms with Crippen LogP contribution >= 0.6 is 0 Å². The Morgan fingerprint density at radius 2 is 1.52 bits per heavy atom. The molecule has 1 heterocycles. The maximum Gasteiger partial charge on any atom is 0.211 e. The van der Waals surface area contributed by atoms with E-state index in [0.717, 1.165) is 0 Å². The first-order valence-electron chi connectivity index (χ1n) is 7.82. The van der Waals surface area contributed by atoms with Crippen molar-refractivity contribution in [2.45, 2.75) is 0 Å². The van der Waals surface area contributed by atoms with Crippen LogP contribution in [0.15, 0.2) is 33.5 Å². The number of ether oxygens (including phenoxy) is 4. The van der Waals surface area contributed by atoms with Gasteiger partial charge < -0.3 is 33.6 Å². The third-order valence-electron chi connectivity index (χ3n) is 4.09. The Morgan fingerprint density at radius 3 is 2.07 bits per heavy atom. The van der Waals surface area contributed by atoms with Crippen molar-refractivity contribution in [1.29, 1.82) is 0 Å². The van der Waals surface area contributed by atoms with Gasteiger partial charge in [0.2, 0.25) is 17.2 Å². The molecule has 0 amide bonds. The highest BCUT2D eigenvalue weighted by Crippen LogP contribution is 2.50. The first-order valence-corrected chi connectivity index (χ1v) is 7.82. The zero-order chi connectivity index (χ0) is 19.7. The maximum atomic E-state index is 12.7. The number of methoxy groups -OCH3 is 4. The van der Waals surface area contributed by atoms with Gasteiger partial charge in [-0.1, -0.05) is 0 Å². The molecule has 0 bridgehead atoms. The predicted octanol–water partition coefficient (Wildman–Crippen LogP) is 2.91. The lowest BCUT2D eigenvalue weighted by molar-refractivity contribution is 0.311. The van der Waals surface area contributed by atoms with Crippen LogP contribution in [0, 0.1) is 0 Å². The molecule has 0 spiro atoms. The van der Waals surface area contributed by atoms with Gasteiger partial charge >= 0.3 is 0 Å². The van der Waals surface area contributed by atoms with Gasteiger partial charge in [-0.3, -0.25) is 4.79 Å². The number of benzene rings is 2. The topological polar surface area (TPSA) is 108 Å². The van der Waals surface area contributed by atoms with Gasteiger partial charge in [-0.05, 0) is 18.2 Å². The van der Waals surface area contributed by atoms with Crippen LogP contribution in [0.2, 0.25) is 0 Å². The molecular formula is C19H18O8. The van der Waals surface area contributed by atoms with E-state index in [1.54, 1.807) is 6.07 Å². The standard InChI is InChI=1S/C19H18O8/c1-23-12-6-5-9(7-10(12)20)13-8-11(21)14-15(22)17(24-2)19(26-4)18(25-3)16(14)27-13/h5-8,20,22H,1-4H3. The van der Waals surface area contributed by atoms with Crippen LogP contribution in [-0.2, 0) is 0 Å². The molecule has 1 aromatic heterocycles. The molecule has 27 heavy (non-hydrogen) atoms. The molecule has 8 heteroatoms. The Bertz CT molecular complexity index is 1070. The van der Waals surface area contributed by atoms with E-state index in [1.807, 2.05) is 0 Å². The van der Waals surface area contributed by atoms with E-state index in [0.29, 0.717) is 5.56 Å². The Labute approximate surface area is 154 Å². The summed E-state index contributed by atoms with van der Waals surface area (Å²) in [5.41, 5.74) is -0.0904. The minimum absolute atomic E-state index is 0.00884. The highest BCUT2D eigenvalue weighted by atomic mass is 16.5. The minimum atomic E-state index is -0.515. The van der Waals surface area contributed by atoms with Crippen LogP contribution in [0.4, 0.5) is 0 Å². The van der Waals surface area contributed by atoms with E-state index in [-0.39, 0.29) is 45.5 Å². The second kappa shape index (κ2) is 6.99. The molecule has 0 fully saturated rings. The summed E-state index contributed by atoms with van der Waals surface area (Å²) < 4.78 is 26.6. The van der Waals surface area contributed by atoms with Crippen molar-refractivity contribution in [1.82, 2.24) is 0 Å². The predicted molar refractivity (Wildman–Crippen MR) is 97.5 cm³/mol. The Kier molecular flexibility index (Phi) is 4.72. The third kappa shape index (κ3) is 2.84. The van der Waals surface area contributed by atoms with Crippen LogP contribution in [0.1, 0.15) is 0 Å². The smallest absolute Gasteiger partial charge is 0.211 e. The summed E-state index contributed by atoms with van der Waals surface area (Å²) in [6, 6.07) is 5.76. The van der Waals surface area contributed by atoms with Crippen molar-refractivity contribution in [3.63, 3.8) is 0 Å². The molecule has 3 rings (SSSR count). The largest absolute Gasteiger partial charge is 0.504 e. The average Bonchev–Trinajstić information content (AvgIpc) is 2.66. The monoisotopic (exact) mass is 374 g/mol. The molecule has 8 nitrogen and oxygen atoms in total. The number of hydrogen-bond acceptors (Lipinski definition) is 8. The molecule has 3 aromatic rings. The van der Waals surface area contributed by atoms with Gasteiger partial charge in [0.1, 0.15) is 11.1 Å². The number of fused-ring (bicyclic) bond motifs is 1. The van der Waals surface area contributed by atoms with Crippen LogP contribution in [0.5, 0.6) is 34.5 Å². The van der Waals surface area contributed by atoms with E-state index in [4.69, 9.17) is 23.4 Å². The Hall–Kier alpha value is -3.55. The van der Waals surface area contributed by atoms with E-state index in [1.165, 1.54) is 46.6 Å². The normalized spacial score (nSPS) is 10.7. The van der Waals surface area contributed by atoms with Gasteiger partial charge in [0.05, 0.1) is 28.4 Å². The summed E-state index contributed by atoms with van der Waals surface area (Å²) in [4.78, 5) is 12.7. The molecule has 0 saturated heterocycles. The Balaban J connectivity index is 2.37. The second-order valence-corrected chi connectivity index (χ2v) is 5.51. The van der Waals surface area contributed by atoms with Gasteiger partial charge in [0.25, 0.3) is 0 Å². The lowest BCUT2D eigenvalue weighted by atomic mass is 10.1. The number of phenolic OH excluding ortho intramolecular Hbond substituents is 2. The summed E-state index contributed by atoms with van der Waals surface area (Å²) in [6.07, 6.45) is 0. The quantitative estimate of drug-likeness (QED) is 0.702. The number of phenols is 2. The summed E-state index contributed by atoms with van der Waals surface area (Å²) in [5.74, 6) is 0.0625. The van der Waals surface area contributed by atoms with E-state index >= 15 is 0 Å².